The van der Waals surface area contributed by atoms with Gasteiger partial charge in [0.05, 0.1) is 28.2 Å². The quantitative estimate of drug-likeness (QED) is 0.762. The molecule has 3 aromatic rings. The first-order valence-electron chi connectivity index (χ1n) is 8.45. The van der Waals surface area contributed by atoms with Crippen LogP contribution in [0.15, 0.2) is 42.6 Å². The van der Waals surface area contributed by atoms with Crippen LogP contribution in [0.5, 0.6) is 0 Å². The molecule has 1 atom stereocenters. The summed E-state index contributed by atoms with van der Waals surface area (Å²) in [6.45, 7) is 3.66. The number of hydrogen-bond acceptors (Lipinski definition) is 6. The van der Waals surface area contributed by atoms with E-state index in [-0.39, 0.29) is 0 Å². The van der Waals surface area contributed by atoms with Gasteiger partial charge in [0.25, 0.3) is 0 Å². The molecule has 128 valence electrons. The van der Waals surface area contributed by atoms with Crippen LogP contribution >= 0.6 is 0 Å². The van der Waals surface area contributed by atoms with Crippen molar-refractivity contribution in [2.75, 3.05) is 18.0 Å². The third-order valence-electron chi connectivity index (χ3n) is 4.61. The average Bonchev–Trinajstić information content (AvgIpc) is 3.01. The van der Waals surface area contributed by atoms with E-state index in [4.69, 9.17) is 15.7 Å². The van der Waals surface area contributed by atoms with E-state index in [1.54, 1.807) is 6.20 Å². The first-order chi connectivity index (χ1) is 12.0. The Kier molecular flexibility index (Phi) is 3.86. The Bertz CT molecular complexity index is 925. The number of hydrogen-bond donors (Lipinski definition) is 2. The fourth-order valence-corrected chi connectivity index (χ4v) is 3.19. The number of β-amino-alcohol motifs (C(OH)–C–C–N with tert-alkyl or cyclic N) is 1. The maximum absolute atomic E-state index is 10.2. The summed E-state index contributed by atoms with van der Waals surface area (Å²) in [7, 11) is 0. The van der Waals surface area contributed by atoms with Crippen molar-refractivity contribution in [1.29, 1.82) is 0 Å². The Balaban J connectivity index is 1.70. The summed E-state index contributed by atoms with van der Waals surface area (Å²) >= 11 is 0. The summed E-state index contributed by atoms with van der Waals surface area (Å²) in [5.74, 6) is 0.870. The third-order valence-corrected chi connectivity index (χ3v) is 4.61. The van der Waals surface area contributed by atoms with Crippen LogP contribution in [0.4, 0.5) is 5.82 Å². The second-order valence-electron chi connectivity index (χ2n) is 6.82. The highest BCUT2D eigenvalue weighted by Crippen LogP contribution is 2.27. The van der Waals surface area contributed by atoms with Crippen LogP contribution in [-0.2, 0) is 6.54 Å². The highest BCUT2D eigenvalue weighted by atomic mass is 16.3. The number of aliphatic hydroxyl groups is 1. The minimum Gasteiger partial charge on any atom is -0.388 e. The lowest BCUT2D eigenvalue weighted by atomic mass is 10.1. The van der Waals surface area contributed by atoms with Crippen molar-refractivity contribution in [2.45, 2.75) is 25.5 Å². The average molecular weight is 335 g/mol. The van der Waals surface area contributed by atoms with Crippen LogP contribution in [0.2, 0.25) is 0 Å². The lowest BCUT2D eigenvalue weighted by Crippen LogP contribution is -2.30. The highest BCUT2D eigenvalue weighted by Gasteiger charge is 2.32. The number of nitrogens with zero attached hydrogens (tertiary/aromatic N) is 4. The molecule has 1 aliphatic rings. The number of rotatable bonds is 3. The molecule has 3 aromatic heterocycles. The van der Waals surface area contributed by atoms with Crippen molar-refractivity contribution < 1.29 is 5.11 Å². The minimum atomic E-state index is -0.648. The molecule has 25 heavy (non-hydrogen) atoms. The van der Waals surface area contributed by atoms with Gasteiger partial charge in [-0.2, -0.15) is 0 Å². The summed E-state index contributed by atoms with van der Waals surface area (Å²) < 4.78 is 0. The van der Waals surface area contributed by atoms with Crippen LogP contribution in [0.3, 0.4) is 0 Å². The van der Waals surface area contributed by atoms with E-state index in [1.807, 2.05) is 43.3 Å². The van der Waals surface area contributed by atoms with Gasteiger partial charge in [-0.25, -0.2) is 9.97 Å². The molecular formula is C19H21N5O. The molecule has 0 aromatic carbocycles. The molecule has 1 fully saturated rings. The number of anilines is 1. The number of pyridine rings is 3. The lowest BCUT2D eigenvalue weighted by Gasteiger charge is -2.20. The van der Waals surface area contributed by atoms with Crippen molar-refractivity contribution >= 4 is 16.7 Å². The van der Waals surface area contributed by atoms with E-state index in [2.05, 4.69) is 9.88 Å². The zero-order chi connectivity index (χ0) is 17.4. The van der Waals surface area contributed by atoms with Crippen molar-refractivity contribution in [3.05, 3.63) is 48.3 Å². The predicted molar refractivity (Wildman–Crippen MR) is 98.1 cm³/mol. The van der Waals surface area contributed by atoms with Crippen molar-refractivity contribution in [3.63, 3.8) is 0 Å². The molecule has 3 N–H and O–H groups in total. The van der Waals surface area contributed by atoms with E-state index in [1.165, 1.54) is 0 Å². The second kappa shape index (κ2) is 6.06. The Morgan fingerprint density at radius 3 is 2.80 bits per heavy atom. The molecule has 0 bridgehead atoms. The molecule has 6 nitrogen and oxygen atoms in total. The van der Waals surface area contributed by atoms with Crippen LogP contribution < -0.4 is 10.6 Å². The highest BCUT2D eigenvalue weighted by molar-refractivity contribution is 5.80. The van der Waals surface area contributed by atoms with Crippen LogP contribution in [0.25, 0.3) is 22.3 Å². The molecule has 0 spiro atoms. The Hall–Kier alpha value is -2.57. The summed E-state index contributed by atoms with van der Waals surface area (Å²) in [6.07, 6.45) is 2.55. The zero-order valence-electron chi connectivity index (χ0n) is 14.2. The Morgan fingerprint density at radius 2 is 2.04 bits per heavy atom. The van der Waals surface area contributed by atoms with Gasteiger partial charge >= 0.3 is 0 Å². The minimum absolute atomic E-state index is 0.393. The molecule has 1 aliphatic heterocycles. The monoisotopic (exact) mass is 335 g/mol. The van der Waals surface area contributed by atoms with Crippen LogP contribution in [-0.4, -0.2) is 38.7 Å². The molecule has 0 amide bonds. The first kappa shape index (κ1) is 15.9. The Morgan fingerprint density at radius 1 is 1.20 bits per heavy atom. The van der Waals surface area contributed by atoms with Gasteiger partial charge in [-0.3, -0.25) is 4.98 Å². The van der Waals surface area contributed by atoms with Gasteiger partial charge in [-0.1, -0.05) is 6.07 Å². The number of aromatic nitrogens is 3. The molecule has 0 aliphatic carbocycles. The van der Waals surface area contributed by atoms with E-state index in [9.17, 15) is 5.11 Å². The maximum Gasteiger partial charge on any atom is 0.129 e. The van der Waals surface area contributed by atoms with Gasteiger partial charge in [0.1, 0.15) is 5.82 Å². The largest absolute Gasteiger partial charge is 0.388 e. The molecule has 0 saturated carbocycles. The van der Waals surface area contributed by atoms with Gasteiger partial charge in [0.2, 0.25) is 0 Å². The third kappa shape index (κ3) is 3.18. The van der Waals surface area contributed by atoms with Gasteiger partial charge in [-0.15, -0.1) is 0 Å². The van der Waals surface area contributed by atoms with Gasteiger partial charge in [0, 0.05) is 31.2 Å². The van der Waals surface area contributed by atoms with Gasteiger partial charge < -0.3 is 15.7 Å². The van der Waals surface area contributed by atoms with E-state index >= 15 is 0 Å². The summed E-state index contributed by atoms with van der Waals surface area (Å²) in [4.78, 5) is 15.9. The van der Waals surface area contributed by atoms with Crippen molar-refractivity contribution in [1.82, 2.24) is 15.0 Å². The maximum atomic E-state index is 10.2. The van der Waals surface area contributed by atoms with Crippen LogP contribution in [0.1, 0.15) is 19.0 Å². The molecule has 4 heterocycles. The smallest absolute Gasteiger partial charge is 0.129 e. The molecular weight excluding hydrogens is 314 g/mol. The van der Waals surface area contributed by atoms with E-state index in [0.717, 1.165) is 46.8 Å². The predicted octanol–water partition coefficient (Wildman–Crippen LogP) is 2.11. The van der Waals surface area contributed by atoms with E-state index < -0.39 is 5.60 Å². The molecule has 4 rings (SSSR count). The summed E-state index contributed by atoms with van der Waals surface area (Å²) in [5.41, 5.74) is 8.34. The second-order valence-corrected chi connectivity index (χ2v) is 6.82. The van der Waals surface area contributed by atoms with Gasteiger partial charge in [0.15, 0.2) is 0 Å². The molecule has 1 unspecified atom stereocenters. The molecule has 0 radical (unpaired) electrons. The van der Waals surface area contributed by atoms with Gasteiger partial charge in [-0.05, 0) is 43.7 Å². The fourth-order valence-electron chi connectivity index (χ4n) is 3.19. The molecule has 6 heteroatoms. The first-order valence-corrected chi connectivity index (χ1v) is 8.45. The zero-order valence-corrected chi connectivity index (χ0v) is 14.2. The summed E-state index contributed by atoms with van der Waals surface area (Å²) in [5, 5.41) is 11.2. The lowest BCUT2D eigenvalue weighted by molar-refractivity contribution is 0.0839. The Labute approximate surface area is 146 Å². The normalized spacial score (nSPS) is 20.4. The van der Waals surface area contributed by atoms with Crippen LogP contribution in [0, 0.1) is 0 Å². The van der Waals surface area contributed by atoms with Crippen molar-refractivity contribution in [2.24, 2.45) is 5.73 Å². The molecule has 1 saturated heterocycles. The number of nitrogens with two attached hydrogens (primary N) is 1. The summed E-state index contributed by atoms with van der Waals surface area (Å²) in [6, 6.07) is 11.8. The standard InChI is InChI=1S/C19H21N5O/c1-19(25)7-8-24(12-19)18-4-2-3-15(23-18)16-6-5-13-11-21-14(10-20)9-17(13)22-16/h2-6,9,11,25H,7-8,10,12,20H2,1H3. The van der Waals surface area contributed by atoms with Crippen molar-refractivity contribution in [3.8, 4) is 11.4 Å². The topological polar surface area (TPSA) is 88.2 Å². The van der Waals surface area contributed by atoms with E-state index in [0.29, 0.717) is 13.1 Å². The SMILES string of the molecule is CC1(O)CCN(c2cccc(-c3ccc4cnc(CN)cc4n3)n2)C1. The fraction of sp³-hybridized carbons (Fsp3) is 0.316. The number of fused-ring (bicyclic) bond motifs is 1.